The number of aliphatic hydroxyl groups excluding tert-OH is 1. The zero-order valence-electron chi connectivity index (χ0n) is 10.9. The van der Waals surface area contributed by atoms with Crippen molar-refractivity contribution in [2.75, 3.05) is 5.75 Å². The van der Waals surface area contributed by atoms with Crippen LogP contribution in [0.1, 0.15) is 11.7 Å². The molecular formula is C16H12Br2OS2. The van der Waals surface area contributed by atoms with Gasteiger partial charge < -0.3 is 5.11 Å². The Morgan fingerprint density at radius 1 is 1.00 bits per heavy atom. The Bertz CT molecular complexity index is 770. The van der Waals surface area contributed by atoms with Gasteiger partial charge in [-0.05, 0) is 58.8 Å². The molecule has 0 spiro atoms. The van der Waals surface area contributed by atoms with Gasteiger partial charge in [0.05, 0.1) is 6.10 Å². The van der Waals surface area contributed by atoms with E-state index in [9.17, 15) is 5.11 Å². The van der Waals surface area contributed by atoms with E-state index < -0.39 is 0 Å². The van der Waals surface area contributed by atoms with Gasteiger partial charge in [-0.1, -0.05) is 31.9 Å². The number of benzene rings is 2. The van der Waals surface area contributed by atoms with Crippen LogP contribution in [0, 0.1) is 0 Å². The van der Waals surface area contributed by atoms with Gasteiger partial charge in [0.15, 0.2) is 0 Å². The Hall–Kier alpha value is -0.330. The first-order valence-electron chi connectivity index (χ1n) is 6.36. The highest BCUT2D eigenvalue weighted by Crippen LogP contribution is 2.39. The van der Waals surface area contributed by atoms with Crippen molar-refractivity contribution in [3.05, 3.63) is 62.4 Å². The van der Waals surface area contributed by atoms with Crippen LogP contribution >= 0.6 is 55.0 Å². The molecule has 2 aromatic carbocycles. The summed E-state index contributed by atoms with van der Waals surface area (Å²) < 4.78 is 3.54. The van der Waals surface area contributed by atoms with Crippen LogP contribution in [-0.2, 0) is 0 Å². The summed E-state index contributed by atoms with van der Waals surface area (Å²) in [4.78, 5) is 1.21. The second-order valence-electron chi connectivity index (χ2n) is 4.61. The van der Waals surface area contributed by atoms with Crippen molar-refractivity contribution in [3.8, 4) is 0 Å². The lowest BCUT2D eigenvalue weighted by Crippen LogP contribution is -1.92. The SMILES string of the molecule is Brc1ccc2sccc2c1.OC1CSc2ccc(Br)cc21. The lowest BCUT2D eigenvalue weighted by atomic mass is 10.1. The third kappa shape index (κ3) is 3.71. The summed E-state index contributed by atoms with van der Waals surface area (Å²) in [6.45, 7) is 0. The summed E-state index contributed by atoms with van der Waals surface area (Å²) in [6, 6.07) is 14.5. The first-order valence-corrected chi connectivity index (χ1v) is 9.82. The molecule has 1 nitrogen and oxygen atoms in total. The molecule has 3 aromatic rings. The van der Waals surface area contributed by atoms with E-state index >= 15 is 0 Å². The van der Waals surface area contributed by atoms with E-state index in [1.807, 2.05) is 18.2 Å². The smallest absolute Gasteiger partial charge is 0.0895 e. The molecule has 4 rings (SSSR count). The highest BCUT2D eigenvalue weighted by molar-refractivity contribution is 9.10. The zero-order chi connectivity index (χ0) is 14.8. The van der Waals surface area contributed by atoms with Crippen molar-refractivity contribution in [2.24, 2.45) is 0 Å². The lowest BCUT2D eigenvalue weighted by molar-refractivity contribution is 0.205. The molecule has 1 atom stereocenters. The van der Waals surface area contributed by atoms with E-state index in [1.54, 1.807) is 23.1 Å². The van der Waals surface area contributed by atoms with Crippen LogP contribution in [0.15, 0.2) is 61.7 Å². The highest BCUT2D eigenvalue weighted by atomic mass is 79.9. The van der Waals surface area contributed by atoms with E-state index in [2.05, 4.69) is 61.5 Å². The summed E-state index contributed by atoms with van der Waals surface area (Å²) in [6.07, 6.45) is -0.271. The number of fused-ring (bicyclic) bond motifs is 2. The highest BCUT2D eigenvalue weighted by Gasteiger charge is 2.20. The van der Waals surface area contributed by atoms with Gasteiger partial charge >= 0.3 is 0 Å². The third-order valence-corrected chi connectivity index (χ3v) is 6.19. The molecule has 1 unspecified atom stereocenters. The lowest BCUT2D eigenvalue weighted by Gasteiger charge is -2.01. The maximum atomic E-state index is 9.46. The second kappa shape index (κ2) is 6.84. The van der Waals surface area contributed by atoms with E-state index in [1.165, 1.54) is 15.0 Å². The molecule has 1 aliphatic heterocycles. The molecule has 0 aliphatic carbocycles. The fourth-order valence-electron chi connectivity index (χ4n) is 2.11. The first kappa shape index (κ1) is 15.6. The van der Waals surface area contributed by atoms with Crippen LogP contribution in [0.5, 0.6) is 0 Å². The van der Waals surface area contributed by atoms with Gasteiger partial charge in [0.2, 0.25) is 0 Å². The fraction of sp³-hybridized carbons (Fsp3) is 0.125. The number of hydrogen-bond donors (Lipinski definition) is 1. The molecule has 0 radical (unpaired) electrons. The number of aliphatic hydroxyl groups is 1. The standard InChI is InChI=1S/C8H7BrOS.C8H5BrS/c9-5-1-2-8-6(3-5)7(10)4-11-8;9-7-1-2-8-6(5-7)3-4-10-8/h1-3,7,10H,4H2;1-5H. The summed E-state index contributed by atoms with van der Waals surface area (Å²) in [5.41, 5.74) is 1.06. The molecule has 108 valence electrons. The quantitative estimate of drug-likeness (QED) is 0.442. The van der Waals surface area contributed by atoms with Crippen molar-refractivity contribution >= 4 is 65.0 Å². The van der Waals surface area contributed by atoms with Crippen LogP contribution in [0.4, 0.5) is 0 Å². The van der Waals surface area contributed by atoms with E-state index in [-0.39, 0.29) is 6.10 Å². The molecule has 0 saturated heterocycles. The van der Waals surface area contributed by atoms with E-state index in [4.69, 9.17) is 0 Å². The van der Waals surface area contributed by atoms with Gasteiger partial charge in [-0.3, -0.25) is 0 Å². The third-order valence-electron chi connectivity index (χ3n) is 3.14. The topological polar surface area (TPSA) is 20.2 Å². The maximum Gasteiger partial charge on any atom is 0.0895 e. The summed E-state index contributed by atoms with van der Waals surface area (Å²) in [7, 11) is 0. The second-order valence-corrected chi connectivity index (χ2v) is 8.45. The minimum atomic E-state index is -0.271. The molecule has 1 aromatic heterocycles. The predicted octanol–water partition coefficient (Wildman–Crippen LogP) is 6.25. The maximum absolute atomic E-state index is 9.46. The van der Waals surface area contributed by atoms with Crippen LogP contribution in [-0.4, -0.2) is 10.9 Å². The zero-order valence-corrected chi connectivity index (χ0v) is 15.7. The molecule has 0 amide bonds. The van der Waals surface area contributed by atoms with E-state index in [0.717, 1.165) is 20.3 Å². The fourth-order valence-corrected chi connectivity index (χ4v) is 4.68. The van der Waals surface area contributed by atoms with Crippen molar-refractivity contribution in [1.29, 1.82) is 0 Å². The van der Waals surface area contributed by atoms with Gasteiger partial charge in [-0.25, -0.2) is 0 Å². The Kier molecular flexibility index (Phi) is 5.07. The summed E-state index contributed by atoms with van der Waals surface area (Å²) in [5.74, 6) is 0.797. The first-order chi connectivity index (χ1) is 10.1. The molecule has 0 fully saturated rings. The molecular weight excluding hydrogens is 432 g/mol. The van der Waals surface area contributed by atoms with Gasteiger partial charge in [-0.2, -0.15) is 0 Å². The Morgan fingerprint density at radius 3 is 2.62 bits per heavy atom. The normalized spacial score (nSPS) is 16.4. The monoisotopic (exact) mass is 442 g/mol. The largest absolute Gasteiger partial charge is 0.387 e. The Balaban J connectivity index is 0.000000126. The average molecular weight is 444 g/mol. The molecule has 21 heavy (non-hydrogen) atoms. The Morgan fingerprint density at radius 2 is 1.76 bits per heavy atom. The molecule has 2 heterocycles. The molecule has 0 bridgehead atoms. The summed E-state index contributed by atoms with van der Waals surface area (Å²) >= 11 is 10.3. The molecule has 0 saturated carbocycles. The summed E-state index contributed by atoms with van der Waals surface area (Å²) in [5, 5.41) is 12.9. The molecule has 1 aliphatic rings. The Labute approximate surface area is 148 Å². The van der Waals surface area contributed by atoms with Crippen LogP contribution < -0.4 is 0 Å². The van der Waals surface area contributed by atoms with Gasteiger partial charge in [-0.15, -0.1) is 23.1 Å². The number of thiophene rings is 1. The average Bonchev–Trinajstić information content (AvgIpc) is 3.06. The van der Waals surface area contributed by atoms with Gasteiger partial charge in [0, 0.05) is 24.3 Å². The van der Waals surface area contributed by atoms with Crippen molar-refractivity contribution in [2.45, 2.75) is 11.0 Å². The number of rotatable bonds is 0. The molecule has 5 heteroatoms. The number of thioether (sulfide) groups is 1. The van der Waals surface area contributed by atoms with Crippen molar-refractivity contribution < 1.29 is 5.11 Å². The molecule has 1 N–H and O–H groups in total. The van der Waals surface area contributed by atoms with Crippen LogP contribution in [0.2, 0.25) is 0 Å². The number of hydrogen-bond acceptors (Lipinski definition) is 3. The number of halogens is 2. The minimum Gasteiger partial charge on any atom is -0.387 e. The van der Waals surface area contributed by atoms with Crippen molar-refractivity contribution in [1.82, 2.24) is 0 Å². The minimum absolute atomic E-state index is 0.271. The van der Waals surface area contributed by atoms with Gasteiger partial charge in [0.25, 0.3) is 0 Å². The van der Waals surface area contributed by atoms with E-state index in [0.29, 0.717) is 0 Å². The van der Waals surface area contributed by atoms with Gasteiger partial charge in [0.1, 0.15) is 0 Å². The predicted molar refractivity (Wildman–Crippen MR) is 99.4 cm³/mol. The van der Waals surface area contributed by atoms with Crippen LogP contribution in [0.25, 0.3) is 10.1 Å². The van der Waals surface area contributed by atoms with Crippen LogP contribution in [0.3, 0.4) is 0 Å². The van der Waals surface area contributed by atoms with Crippen molar-refractivity contribution in [3.63, 3.8) is 0 Å².